The zero-order valence-corrected chi connectivity index (χ0v) is 8.69. The summed E-state index contributed by atoms with van der Waals surface area (Å²) in [4.78, 5) is 0. The van der Waals surface area contributed by atoms with Gasteiger partial charge in [-0.25, -0.2) is 8.42 Å². The number of sulfone groups is 1. The van der Waals surface area contributed by atoms with Crippen LogP contribution in [0.25, 0.3) is 0 Å². The molecule has 1 aromatic carbocycles. The Labute approximate surface area is 85.6 Å². The number of alkyl halides is 3. The van der Waals surface area contributed by atoms with Crippen LogP contribution in [0.3, 0.4) is 0 Å². The van der Waals surface area contributed by atoms with Crippen molar-refractivity contribution in [1.82, 2.24) is 0 Å². The Hall–Kier alpha value is -1.04. The van der Waals surface area contributed by atoms with Crippen LogP contribution in [0.5, 0.6) is 0 Å². The standard InChI is InChI=1S/C9H9F3O2S/c1-15(13,14)6-7-2-4-8(5-3-7)9(10,11)12/h2-5H,6H2,1H3. The van der Waals surface area contributed by atoms with Gasteiger partial charge >= 0.3 is 6.18 Å². The van der Waals surface area contributed by atoms with Crippen LogP contribution in [0.2, 0.25) is 0 Å². The van der Waals surface area contributed by atoms with E-state index < -0.39 is 21.6 Å². The molecule has 0 saturated carbocycles. The van der Waals surface area contributed by atoms with Crippen molar-refractivity contribution in [2.45, 2.75) is 11.9 Å². The van der Waals surface area contributed by atoms with E-state index in [4.69, 9.17) is 0 Å². The molecule has 15 heavy (non-hydrogen) atoms. The molecule has 0 bridgehead atoms. The Morgan fingerprint density at radius 2 is 1.60 bits per heavy atom. The summed E-state index contributed by atoms with van der Waals surface area (Å²) in [7, 11) is -3.21. The summed E-state index contributed by atoms with van der Waals surface area (Å²) in [5, 5.41) is 0. The quantitative estimate of drug-likeness (QED) is 0.791. The van der Waals surface area contributed by atoms with Crippen molar-refractivity contribution in [3.63, 3.8) is 0 Å². The minimum absolute atomic E-state index is 0.245. The first kappa shape index (κ1) is 12.0. The van der Waals surface area contributed by atoms with E-state index in [2.05, 4.69) is 0 Å². The van der Waals surface area contributed by atoms with Gasteiger partial charge in [0.05, 0.1) is 11.3 Å². The number of rotatable bonds is 2. The molecular formula is C9H9F3O2S. The summed E-state index contributed by atoms with van der Waals surface area (Å²) in [6.45, 7) is 0. The van der Waals surface area contributed by atoms with Gasteiger partial charge < -0.3 is 0 Å². The number of hydrogen-bond acceptors (Lipinski definition) is 2. The normalized spacial score (nSPS) is 12.8. The van der Waals surface area contributed by atoms with Crippen LogP contribution in [-0.2, 0) is 21.8 Å². The summed E-state index contributed by atoms with van der Waals surface area (Å²) < 4.78 is 58.1. The lowest BCUT2D eigenvalue weighted by atomic mass is 10.1. The number of benzene rings is 1. The highest BCUT2D eigenvalue weighted by atomic mass is 32.2. The maximum atomic E-state index is 12.1. The van der Waals surface area contributed by atoms with E-state index in [1.807, 2.05) is 0 Å². The summed E-state index contributed by atoms with van der Waals surface area (Å²) >= 11 is 0. The van der Waals surface area contributed by atoms with Crippen LogP contribution in [-0.4, -0.2) is 14.7 Å². The third-order valence-corrected chi connectivity index (χ3v) is 2.57. The van der Waals surface area contributed by atoms with Gasteiger partial charge in [-0.05, 0) is 17.7 Å². The Kier molecular flexibility index (Phi) is 3.08. The molecule has 6 heteroatoms. The molecule has 0 radical (unpaired) electrons. The van der Waals surface area contributed by atoms with Gasteiger partial charge in [0.15, 0.2) is 9.84 Å². The molecule has 0 unspecified atom stereocenters. The van der Waals surface area contributed by atoms with Crippen molar-refractivity contribution in [2.24, 2.45) is 0 Å². The molecule has 0 aliphatic rings. The Balaban J connectivity index is 2.91. The minimum Gasteiger partial charge on any atom is -0.229 e. The van der Waals surface area contributed by atoms with E-state index in [0.717, 1.165) is 18.4 Å². The molecule has 0 aromatic heterocycles. The van der Waals surface area contributed by atoms with Gasteiger partial charge in [-0.2, -0.15) is 13.2 Å². The highest BCUT2D eigenvalue weighted by Gasteiger charge is 2.29. The fourth-order valence-electron chi connectivity index (χ4n) is 1.09. The molecule has 1 rings (SSSR count). The van der Waals surface area contributed by atoms with E-state index in [1.54, 1.807) is 0 Å². The fraction of sp³-hybridized carbons (Fsp3) is 0.333. The van der Waals surface area contributed by atoms with Crippen molar-refractivity contribution in [1.29, 1.82) is 0 Å². The largest absolute Gasteiger partial charge is 0.416 e. The van der Waals surface area contributed by atoms with Crippen molar-refractivity contribution >= 4 is 9.84 Å². The summed E-state index contributed by atoms with van der Waals surface area (Å²) in [5.41, 5.74) is -0.426. The van der Waals surface area contributed by atoms with Crippen molar-refractivity contribution in [3.05, 3.63) is 35.4 Å². The molecule has 0 saturated heterocycles. The molecule has 2 nitrogen and oxygen atoms in total. The minimum atomic E-state index is -4.39. The van der Waals surface area contributed by atoms with E-state index in [9.17, 15) is 21.6 Å². The molecular weight excluding hydrogens is 229 g/mol. The highest BCUT2D eigenvalue weighted by molar-refractivity contribution is 7.89. The fourth-order valence-corrected chi connectivity index (χ4v) is 1.89. The highest BCUT2D eigenvalue weighted by Crippen LogP contribution is 2.29. The predicted molar refractivity (Wildman–Crippen MR) is 50.0 cm³/mol. The van der Waals surface area contributed by atoms with Crippen LogP contribution >= 0.6 is 0 Å². The molecule has 0 aliphatic carbocycles. The zero-order chi connectivity index (χ0) is 11.7. The third-order valence-electron chi connectivity index (χ3n) is 1.71. The molecule has 0 N–H and O–H groups in total. The first-order valence-corrected chi connectivity index (χ1v) is 6.08. The van der Waals surface area contributed by atoms with Gasteiger partial charge in [-0.1, -0.05) is 12.1 Å². The van der Waals surface area contributed by atoms with E-state index in [1.165, 1.54) is 12.1 Å². The van der Waals surface area contributed by atoms with Gasteiger partial charge in [0.2, 0.25) is 0 Å². The van der Waals surface area contributed by atoms with Gasteiger partial charge in [-0.3, -0.25) is 0 Å². The molecule has 0 spiro atoms. The second-order valence-electron chi connectivity index (χ2n) is 3.26. The van der Waals surface area contributed by atoms with Gasteiger partial charge in [0, 0.05) is 6.26 Å². The van der Waals surface area contributed by atoms with Gasteiger partial charge in [0.25, 0.3) is 0 Å². The van der Waals surface area contributed by atoms with Crippen molar-refractivity contribution in [3.8, 4) is 0 Å². The predicted octanol–water partition coefficient (Wildman–Crippen LogP) is 2.25. The van der Waals surface area contributed by atoms with Gasteiger partial charge in [0.1, 0.15) is 0 Å². The number of hydrogen-bond donors (Lipinski definition) is 0. The van der Waals surface area contributed by atoms with Crippen LogP contribution < -0.4 is 0 Å². The van der Waals surface area contributed by atoms with Crippen LogP contribution in [0.15, 0.2) is 24.3 Å². The third kappa shape index (κ3) is 3.91. The molecule has 0 heterocycles. The summed E-state index contributed by atoms with van der Waals surface area (Å²) in [6.07, 6.45) is -3.35. The average molecular weight is 238 g/mol. The van der Waals surface area contributed by atoms with Crippen molar-refractivity contribution in [2.75, 3.05) is 6.26 Å². The molecule has 84 valence electrons. The van der Waals surface area contributed by atoms with E-state index >= 15 is 0 Å². The molecule has 0 amide bonds. The monoisotopic (exact) mass is 238 g/mol. The zero-order valence-electron chi connectivity index (χ0n) is 7.88. The maximum absolute atomic E-state index is 12.1. The smallest absolute Gasteiger partial charge is 0.229 e. The first-order chi connectivity index (χ1) is 6.68. The number of halogens is 3. The molecule has 0 aliphatic heterocycles. The first-order valence-electron chi connectivity index (χ1n) is 4.02. The van der Waals surface area contributed by atoms with E-state index in [0.29, 0.717) is 5.56 Å². The lowest BCUT2D eigenvalue weighted by Crippen LogP contribution is -2.05. The average Bonchev–Trinajstić information content (AvgIpc) is 2.00. The van der Waals surface area contributed by atoms with Crippen molar-refractivity contribution < 1.29 is 21.6 Å². The topological polar surface area (TPSA) is 34.1 Å². The summed E-state index contributed by atoms with van der Waals surface area (Å²) in [6, 6.07) is 4.09. The van der Waals surface area contributed by atoms with Crippen LogP contribution in [0.4, 0.5) is 13.2 Å². The maximum Gasteiger partial charge on any atom is 0.416 e. The molecule has 1 aromatic rings. The Bertz CT molecular complexity index is 431. The molecule has 0 atom stereocenters. The van der Waals surface area contributed by atoms with E-state index in [-0.39, 0.29) is 5.75 Å². The second kappa shape index (κ2) is 3.84. The van der Waals surface area contributed by atoms with Crippen LogP contribution in [0.1, 0.15) is 11.1 Å². The van der Waals surface area contributed by atoms with Gasteiger partial charge in [-0.15, -0.1) is 0 Å². The lowest BCUT2D eigenvalue weighted by Gasteiger charge is -2.06. The summed E-state index contributed by atoms with van der Waals surface area (Å²) in [5.74, 6) is -0.245. The molecule has 0 fully saturated rings. The van der Waals surface area contributed by atoms with Crippen LogP contribution in [0, 0.1) is 0 Å². The Morgan fingerprint density at radius 1 is 1.13 bits per heavy atom. The second-order valence-corrected chi connectivity index (χ2v) is 5.40. The SMILES string of the molecule is CS(=O)(=O)Cc1ccc(C(F)(F)F)cc1. The Morgan fingerprint density at radius 3 is 1.93 bits per heavy atom. The lowest BCUT2D eigenvalue weighted by molar-refractivity contribution is -0.137.